The number of nitrogens with zero attached hydrogens (tertiary/aromatic N) is 5. The minimum atomic E-state index is -0.316. The van der Waals surface area contributed by atoms with Crippen molar-refractivity contribution in [2.24, 2.45) is 7.05 Å². The molecule has 1 fully saturated rings. The summed E-state index contributed by atoms with van der Waals surface area (Å²) in [7, 11) is 1.78. The summed E-state index contributed by atoms with van der Waals surface area (Å²) in [5, 5.41) is 6.89. The summed E-state index contributed by atoms with van der Waals surface area (Å²) in [5.41, 5.74) is 2.35. The topological polar surface area (TPSA) is 93.0 Å². The lowest BCUT2D eigenvalue weighted by Crippen LogP contribution is -2.39. The first-order valence-corrected chi connectivity index (χ1v) is 10.5. The zero-order chi connectivity index (χ0) is 22.7. The predicted molar refractivity (Wildman–Crippen MR) is 115 cm³/mol. The molecule has 1 saturated heterocycles. The Morgan fingerprint density at radius 2 is 2.00 bits per heavy atom. The summed E-state index contributed by atoms with van der Waals surface area (Å²) in [5.74, 6) is 0.00991. The number of piperidine rings is 1. The number of hydrogen-bond donors (Lipinski definition) is 1. The van der Waals surface area contributed by atoms with E-state index in [1.54, 1.807) is 49.4 Å². The number of aryl methyl sites for hydroxylation is 2. The minimum Gasteiger partial charge on any atom is -0.348 e. The van der Waals surface area contributed by atoms with Gasteiger partial charge in [0.15, 0.2) is 0 Å². The van der Waals surface area contributed by atoms with Gasteiger partial charge < -0.3 is 10.2 Å². The highest BCUT2D eigenvalue weighted by molar-refractivity contribution is 5.95. The van der Waals surface area contributed by atoms with Crippen molar-refractivity contribution in [3.8, 4) is 0 Å². The van der Waals surface area contributed by atoms with Crippen LogP contribution >= 0.6 is 0 Å². The van der Waals surface area contributed by atoms with Gasteiger partial charge >= 0.3 is 0 Å². The average Bonchev–Trinajstić information content (AvgIpc) is 3.24. The molecule has 8 nitrogen and oxygen atoms in total. The van der Waals surface area contributed by atoms with Gasteiger partial charge in [0.1, 0.15) is 11.6 Å². The lowest BCUT2D eigenvalue weighted by atomic mass is 9.96. The molecule has 2 amide bonds. The quantitative estimate of drug-likeness (QED) is 0.664. The van der Waals surface area contributed by atoms with Gasteiger partial charge in [0, 0.05) is 45.0 Å². The number of rotatable bonds is 5. The Labute approximate surface area is 185 Å². The zero-order valence-electron chi connectivity index (χ0n) is 18.1. The Hall–Kier alpha value is -3.62. The highest BCUT2D eigenvalue weighted by atomic mass is 19.1. The van der Waals surface area contributed by atoms with Gasteiger partial charge in [-0.2, -0.15) is 5.10 Å². The van der Waals surface area contributed by atoms with Gasteiger partial charge in [-0.15, -0.1) is 0 Å². The lowest BCUT2D eigenvalue weighted by Gasteiger charge is -2.32. The molecule has 2 aromatic heterocycles. The predicted octanol–water partition coefficient (Wildman–Crippen LogP) is 2.61. The van der Waals surface area contributed by atoms with E-state index < -0.39 is 0 Å². The van der Waals surface area contributed by atoms with Crippen LogP contribution in [0.5, 0.6) is 0 Å². The number of amides is 2. The third kappa shape index (κ3) is 4.82. The number of benzene rings is 1. The molecular weight excluding hydrogens is 411 g/mol. The summed E-state index contributed by atoms with van der Waals surface area (Å²) < 4.78 is 14.6. The summed E-state index contributed by atoms with van der Waals surface area (Å²) in [4.78, 5) is 36.2. The molecule has 1 N–H and O–H groups in total. The highest BCUT2D eigenvalue weighted by Gasteiger charge is 2.28. The molecule has 3 aromatic rings. The Morgan fingerprint density at radius 3 is 2.69 bits per heavy atom. The molecule has 1 aliphatic heterocycles. The fraction of sp³-hybridized carbons (Fsp3) is 0.348. The maximum atomic E-state index is 13.0. The smallest absolute Gasteiger partial charge is 0.257 e. The average molecular weight is 436 g/mol. The van der Waals surface area contributed by atoms with Gasteiger partial charge in [0.2, 0.25) is 0 Å². The fourth-order valence-electron chi connectivity index (χ4n) is 3.87. The second kappa shape index (κ2) is 9.25. The minimum absolute atomic E-state index is 0.0133. The summed E-state index contributed by atoms with van der Waals surface area (Å²) in [6.07, 6.45) is 6.57. The Morgan fingerprint density at radius 1 is 1.22 bits per heavy atom. The van der Waals surface area contributed by atoms with Crippen molar-refractivity contribution in [3.05, 3.63) is 76.9 Å². The molecule has 0 aliphatic carbocycles. The van der Waals surface area contributed by atoms with Gasteiger partial charge in [-0.25, -0.2) is 14.4 Å². The van der Waals surface area contributed by atoms with Gasteiger partial charge in [-0.1, -0.05) is 12.1 Å². The van der Waals surface area contributed by atoms with E-state index >= 15 is 0 Å². The molecule has 166 valence electrons. The number of aromatic nitrogens is 4. The normalized spacial score (nSPS) is 16.1. The molecule has 0 saturated carbocycles. The van der Waals surface area contributed by atoms with Crippen molar-refractivity contribution in [2.75, 3.05) is 13.1 Å². The Bertz CT molecular complexity index is 1130. The molecule has 9 heteroatoms. The number of carbonyl (C=O) groups is 2. The summed E-state index contributed by atoms with van der Waals surface area (Å²) in [6, 6.07) is 5.97. The zero-order valence-corrected chi connectivity index (χ0v) is 18.1. The number of hydrogen-bond acceptors (Lipinski definition) is 5. The van der Waals surface area contributed by atoms with Crippen molar-refractivity contribution >= 4 is 11.8 Å². The summed E-state index contributed by atoms with van der Waals surface area (Å²) in [6.45, 7) is 3.28. The van der Waals surface area contributed by atoms with E-state index in [9.17, 15) is 14.0 Å². The van der Waals surface area contributed by atoms with Crippen LogP contribution in [-0.2, 0) is 13.6 Å². The van der Waals surface area contributed by atoms with Crippen molar-refractivity contribution < 1.29 is 14.0 Å². The van der Waals surface area contributed by atoms with E-state index in [1.165, 1.54) is 12.1 Å². The van der Waals surface area contributed by atoms with E-state index in [0.717, 1.165) is 18.4 Å². The first kappa shape index (κ1) is 21.6. The van der Waals surface area contributed by atoms with Gasteiger partial charge in [-0.3, -0.25) is 14.3 Å². The Balaban J connectivity index is 1.41. The van der Waals surface area contributed by atoms with E-state index in [2.05, 4.69) is 20.4 Å². The second-order valence-corrected chi connectivity index (χ2v) is 8.03. The molecule has 1 atom stereocenters. The number of carbonyl (C=O) groups excluding carboxylic acids is 2. The van der Waals surface area contributed by atoms with Crippen LogP contribution in [0.4, 0.5) is 4.39 Å². The van der Waals surface area contributed by atoms with Gasteiger partial charge in [-0.05, 0) is 37.5 Å². The molecule has 4 rings (SSSR count). The van der Waals surface area contributed by atoms with Crippen LogP contribution in [-0.4, -0.2) is 49.6 Å². The third-order valence-corrected chi connectivity index (χ3v) is 5.63. The molecule has 3 heterocycles. The lowest BCUT2D eigenvalue weighted by molar-refractivity contribution is 0.0704. The molecule has 0 radical (unpaired) electrons. The van der Waals surface area contributed by atoms with Crippen LogP contribution < -0.4 is 5.32 Å². The van der Waals surface area contributed by atoms with E-state index in [0.29, 0.717) is 35.7 Å². The van der Waals surface area contributed by atoms with E-state index in [-0.39, 0.29) is 30.1 Å². The molecule has 32 heavy (non-hydrogen) atoms. The van der Waals surface area contributed by atoms with E-state index in [4.69, 9.17) is 0 Å². The first-order chi connectivity index (χ1) is 15.4. The van der Waals surface area contributed by atoms with Crippen molar-refractivity contribution in [2.45, 2.75) is 32.2 Å². The van der Waals surface area contributed by atoms with Crippen molar-refractivity contribution in [3.63, 3.8) is 0 Å². The molecule has 0 bridgehead atoms. The first-order valence-electron chi connectivity index (χ1n) is 10.5. The molecular formula is C23H25FN6O2. The van der Waals surface area contributed by atoms with Crippen LogP contribution in [0.3, 0.4) is 0 Å². The SMILES string of the molecule is Cc1nc([C@@H]2CCCN(C(=O)c3cnn(C)c3)C2)ncc1C(=O)NCc1ccc(F)cc1. The van der Waals surface area contributed by atoms with Gasteiger partial charge in [0.05, 0.1) is 23.0 Å². The maximum absolute atomic E-state index is 13.0. The van der Waals surface area contributed by atoms with Crippen LogP contribution in [0.25, 0.3) is 0 Å². The second-order valence-electron chi connectivity index (χ2n) is 8.03. The highest BCUT2D eigenvalue weighted by Crippen LogP contribution is 2.26. The largest absolute Gasteiger partial charge is 0.348 e. The summed E-state index contributed by atoms with van der Waals surface area (Å²) >= 11 is 0. The van der Waals surface area contributed by atoms with E-state index in [1.807, 2.05) is 4.90 Å². The monoisotopic (exact) mass is 436 g/mol. The molecule has 0 unspecified atom stereocenters. The molecule has 1 aromatic carbocycles. The maximum Gasteiger partial charge on any atom is 0.257 e. The van der Waals surface area contributed by atoms with Crippen LogP contribution in [0.15, 0.2) is 42.9 Å². The third-order valence-electron chi connectivity index (χ3n) is 5.63. The van der Waals surface area contributed by atoms with Crippen LogP contribution in [0, 0.1) is 12.7 Å². The van der Waals surface area contributed by atoms with Crippen LogP contribution in [0.2, 0.25) is 0 Å². The number of halogens is 1. The van der Waals surface area contributed by atoms with Gasteiger partial charge in [0.25, 0.3) is 11.8 Å². The molecule has 1 aliphatic rings. The van der Waals surface area contributed by atoms with Crippen molar-refractivity contribution in [1.29, 1.82) is 0 Å². The number of nitrogens with one attached hydrogen (secondary N) is 1. The molecule has 0 spiro atoms. The van der Waals surface area contributed by atoms with Crippen LogP contribution in [0.1, 0.15) is 56.6 Å². The van der Waals surface area contributed by atoms with Crippen molar-refractivity contribution in [1.82, 2.24) is 30.0 Å². The number of likely N-dealkylation sites (tertiary alicyclic amines) is 1. The Kier molecular flexibility index (Phi) is 6.25. The standard InChI is InChI=1S/C23H25FN6O2/c1-15-20(22(31)26-10-16-5-7-19(24)8-6-16)12-25-21(28-15)17-4-3-9-30(14-17)23(32)18-11-27-29(2)13-18/h5-8,11-13,17H,3-4,9-10,14H2,1-2H3,(H,26,31)/t17-/m1/s1. The fourth-order valence-corrected chi connectivity index (χ4v) is 3.87.